The van der Waals surface area contributed by atoms with Gasteiger partial charge in [0.2, 0.25) is 10.0 Å². The molecular weight excluding hydrogens is 270 g/mol. The van der Waals surface area contributed by atoms with Crippen molar-refractivity contribution >= 4 is 32.2 Å². The summed E-state index contributed by atoms with van der Waals surface area (Å²) in [7, 11) is -3.66. The summed E-state index contributed by atoms with van der Waals surface area (Å²) in [6, 6.07) is 5.80. The summed E-state index contributed by atoms with van der Waals surface area (Å²) in [5.74, 6) is 0. The maximum atomic E-state index is 10.9. The van der Waals surface area contributed by atoms with Gasteiger partial charge in [-0.2, -0.15) is 0 Å². The zero-order valence-corrected chi connectivity index (χ0v) is 9.45. The number of hydrogen-bond acceptors (Lipinski definition) is 3. The summed E-state index contributed by atoms with van der Waals surface area (Å²) in [6.45, 7) is 0. The smallest absolute Gasteiger partial charge is 0.238 e. The third kappa shape index (κ3) is 2.63. The molecule has 1 aromatic carbocycles. The Bertz CT molecular complexity index is 426. The molecule has 1 unspecified atom stereocenters. The number of sulfonamides is 1. The average Bonchev–Trinajstić information content (AvgIpc) is 2.15. The zero-order chi connectivity index (χ0) is 10.8. The van der Waals surface area contributed by atoms with Crippen molar-refractivity contribution in [3.05, 3.63) is 29.8 Å². The minimum atomic E-state index is -3.66. The zero-order valence-electron chi connectivity index (χ0n) is 7.05. The number of carbonyl (C=O) groups excluding carboxylic acids is 1. The van der Waals surface area contributed by atoms with Crippen molar-refractivity contribution in [1.82, 2.24) is 0 Å². The maximum Gasteiger partial charge on any atom is 0.238 e. The van der Waals surface area contributed by atoms with Crippen LogP contribution in [0.4, 0.5) is 0 Å². The highest BCUT2D eigenvalue weighted by atomic mass is 79.9. The fourth-order valence-corrected chi connectivity index (χ4v) is 1.74. The van der Waals surface area contributed by atoms with Crippen molar-refractivity contribution in [2.45, 2.75) is 9.72 Å². The van der Waals surface area contributed by atoms with Crippen molar-refractivity contribution in [2.75, 3.05) is 0 Å². The first kappa shape index (κ1) is 11.4. The van der Waals surface area contributed by atoms with Gasteiger partial charge in [-0.05, 0) is 17.7 Å². The Balaban J connectivity index is 3.07. The summed E-state index contributed by atoms with van der Waals surface area (Å²) in [5.41, 5.74) is 0.687. The molecule has 0 radical (unpaired) electrons. The molecule has 0 spiro atoms. The lowest BCUT2D eigenvalue weighted by atomic mass is 10.2. The van der Waals surface area contributed by atoms with Gasteiger partial charge >= 0.3 is 0 Å². The molecular formula is C8H8BrNO3S. The lowest BCUT2D eigenvalue weighted by molar-refractivity contribution is -0.107. The van der Waals surface area contributed by atoms with Gasteiger partial charge in [0.15, 0.2) is 0 Å². The van der Waals surface area contributed by atoms with Crippen LogP contribution in [0.15, 0.2) is 29.2 Å². The largest absolute Gasteiger partial charge is 0.302 e. The molecule has 0 amide bonds. The molecule has 0 aliphatic carbocycles. The van der Waals surface area contributed by atoms with E-state index in [1.165, 1.54) is 24.3 Å². The van der Waals surface area contributed by atoms with Crippen molar-refractivity contribution in [3.8, 4) is 0 Å². The van der Waals surface area contributed by atoms with Crippen LogP contribution in [0, 0.1) is 0 Å². The van der Waals surface area contributed by atoms with Gasteiger partial charge in [-0.3, -0.25) is 0 Å². The van der Waals surface area contributed by atoms with Crippen LogP contribution in [0.25, 0.3) is 0 Å². The molecule has 6 heteroatoms. The SMILES string of the molecule is NS(=O)(=O)c1ccc(C(Br)C=O)cc1. The molecule has 0 saturated carbocycles. The predicted molar refractivity (Wildman–Crippen MR) is 55.5 cm³/mol. The van der Waals surface area contributed by atoms with E-state index in [9.17, 15) is 13.2 Å². The minimum Gasteiger partial charge on any atom is -0.302 e. The molecule has 76 valence electrons. The van der Waals surface area contributed by atoms with E-state index in [0.717, 1.165) is 0 Å². The van der Waals surface area contributed by atoms with Crippen molar-refractivity contribution in [1.29, 1.82) is 0 Å². The highest BCUT2D eigenvalue weighted by molar-refractivity contribution is 9.09. The topological polar surface area (TPSA) is 77.2 Å². The van der Waals surface area contributed by atoms with Crippen LogP contribution in [0.3, 0.4) is 0 Å². The van der Waals surface area contributed by atoms with E-state index in [4.69, 9.17) is 5.14 Å². The number of nitrogens with two attached hydrogens (primary N) is 1. The fraction of sp³-hybridized carbons (Fsp3) is 0.125. The van der Waals surface area contributed by atoms with Crippen LogP contribution >= 0.6 is 15.9 Å². The van der Waals surface area contributed by atoms with Crippen LogP contribution in [0.1, 0.15) is 10.4 Å². The Hall–Kier alpha value is -0.720. The number of halogens is 1. The Kier molecular flexibility index (Phi) is 3.41. The van der Waals surface area contributed by atoms with E-state index in [-0.39, 0.29) is 4.90 Å². The molecule has 0 fully saturated rings. The normalized spacial score (nSPS) is 13.6. The molecule has 1 aromatic rings. The molecule has 2 N–H and O–H groups in total. The van der Waals surface area contributed by atoms with Crippen LogP contribution in [0.2, 0.25) is 0 Å². The van der Waals surface area contributed by atoms with Gasteiger partial charge in [-0.1, -0.05) is 28.1 Å². The Morgan fingerprint density at radius 2 is 1.79 bits per heavy atom. The maximum absolute atomic E-state index is 10.9. The van der Waals surface area contributed by atoms with Crippen LogP contribution in [-0.2, 0) is 14.8 Å². The van der Waals surface area contributed by atoms with Gasteiger partial charge in [-0.25, -0.2) is 13.6 Å². The average molecular weight is 278 g/mol. The van der Waals surface area contributed by atoms with Gasteiger partial charge in [0.05, 0.1) is 9.72 Å². The Morgan fingerprint density at radius 1 is 1.29 bits per heavy atom. The third-order valence-corrected chi connectivity index (χ3v) is 3.32. The lowest BCUT2D eigenvalue weighted by Gasteiger charge is -2.03. The number of primary sulfonamides is 1. The second-order valence-electron chi connectivity index (χ2n) is 2.65. The molecule has 0 aliphatic heterocycles. The summed E-state index contributed by atoms with van der Waals surface area (Å²) in [4.78, 5) is 10.0. The fourth-order valence-electron chi connectivity index (χ4n) is 0.920. The molecule has 1 rings (SSSR count). The van der Waals surface area contributed by atoms with E-state index >= 15 is 0 Å². The van der Waals surface area contributed by atoms with E-state index < -0.39 is 14.9 Å². The molecule has 14 heavy (non-hydrogen) atoms. The van der Waals surface area contributed by atoms with E-state index in [0.29, 0.717) is 11.8 Å². The third-order valence-electron chi connectivity index (χ3n) is 1.65. The van der Waals surface area contributed by atoms with Crippen LogP contribution in [0.5, 0.6) is 0 Å². The van der Waals surface area contributed by atoms with Gasteiger partial charge in [0, 0.05) is 0 Å². The van der Waals surface area contributed by atoms with Gasteiger partial charge < -0.3 is 4.79 Å². The second kappa shape index (κ2) is 4.20. The quantitative estimate of drug-likeness (QED) is 0.661. The highest BCUT2D eigenvalue weighted by Gasteiger charge is 2.09. The van der Waals surface area contributed by atoms with E-state index in [2.05, 4.69) is 15.9 Å². The highest BCUT2D eigenvalue weighted by Crippen LogP contribution is 2.21. The number of carbonyl (C=O) groups is 1. The molecule has 1 atom stereocenters. The second-order valence-corrected chi connectivity index (χ2v) is 5.20. The lowest BCUT2D eigenvalue weighted by Crippen LogP contribution is -2.11. The Labute approximate surface area is 90.3 Å². The number of aldehydes is 1. The predicted octanol–water partition coefficient (Wildman–Crippen LogP) is 0.969. The van der Waals surface area contributed by atoms with Crippen molar-refractivity contribution < 1.29 is 13.2 Å². The van der Waals surface area contributed by atoms with Crippen molar-refractivity contribution in [2.24, 2.45) is 5.14 Å². The Morgan fingerprint density at radius 3 is 2.14 bits per heavy atom. The molecule has 0 heterocycles. The molecule has 0 saturated heterocycles. The molecule has 4 nitrogen and oxygen atoms in total. The summed E-state index contributed by atoms with van der Waals surface area (Å²) in [5, 5.41) is 4.91. The number of rotatable bonds is 3. The van der Waals surface area contributed by atoms with E-state index in [1.54, 1.807) is 0 Å². The summed E-state index contributed by atoms with van der Waals surface area (Å²) < 4.78 is 21.8. The first-order valence-electron chi connectivity index (χ1n) is 3.67. The number of hydrogen-bond donors (Lipinski definition) is 1. The molecule has 0 aromatic heterocycles. The monoisotopic (exact) mass is 277 g/mol. The van der Waals surface area contributed by atoms with Gasteiger partial charge in [0.25, 0.3) is 0 Å². The number of benzene rings is 1. The summed E-state index contributed by atoms with van der Waals surface area (Å²) in [6.07, 6.45) is 0.714. The van der Waals surface area contributed by atoms with Crippen LogP contribution < -0.4 is 5.14 Å². The van der Waals surface area contributed by atoms with E-state index in [1.807, 2.05) is 0 Å². The van der Waals surface area contributed by atoms with Gasteiger partial charge in [-0.15, -0.1) is 0 Å². The first-order chi connectivity index (χ1) is 6.45. The van der Waals surface area contributed by atoms with Crippen molar-refractivity contribution in [3.63, 3.8) is 0 Å². The summed E-state index contributed by atoms with van der Waals surface area (Å²) >= 11 is 3.11. The molecule has 0 bridgehead atoms. The number of alkyl halides is 1. The minimum absolute atomic E-state index is 0.0341. The van der Waals surface area contributed by atoms with Crippen LogP contribution in [-0.4, -0.2) is 14.7 Å². The first-order valence-corrected chi connectivity index (χ1v) is 6.13. The standard InChI is InChI=1S/C8H8BrNO3S/c9-8(5-11)6-1-3-7(4-2-6)14(10,12)13/h1-5,8H,(H2,10,12,13). The van der Waals surface area contributed by atoms with Gasteiger partial charge in [0.1, 0.15) is 6.29 Å². The molecule has 0 aliphatic rings.